The van der Waals surface area contributed by atoms with Crippen LogP contribution < -0.4 is 5.32 Å². The molecule has 1 saturated carbocycles. The van der Waals surface area contributed by atoms with Gasteiger partial charge in [0.25, 0.3) is 0 Å². The van der Waals surface area contributed by atoms with Crippen molar-refractivity contribution in [1.82, 2.24) is 5.32 Å². The van der Waals surface area contributed by atoms with Crippen LogP contribution in [-0.4, -0.2) is 22.5 Å². The molecule has 2 atom stereocenters. The van der Waals surface area contributed by atoms with Gasteiger partial charge in [0.05, 0.1) is 11.8 Å². The Morgan fingerprint density at radius 1 is 1.40 bits per heavy atom. The first-order valence-electron chi connectivity index (χ1n) is 5.42. The van der Waals surface area contributed by atoms with E-state index in [4.69, 9.17) is 5.11 Å². The summed E-state index contributed by atoms with van der Waals surface area (Å²) < 4.78 is 0. The lowest BCUT2D eigenvalue weighted by atomic mass is 9.98. The maximum Gasteiger partial charge on any atom is 0.307 e. The number of carbonyl (C=O) groups is 2. The van der Waals surface area contributed by atoms with E-state index < -0.39 is 11.9 Å². The Balaban J connectivity index is 2.41. The molecular formula is C11H19NO3. The van der Waals surface area contributed by atoms with Gasteiger partial charge in [0, 0.05) is 5.54 Å². The second-order valence-electron chi connectivity index (χ2n) is 4.91. The molecule has 0 aliphatic heterocycles. The Bertz CT molecular complexity index is 273. The van der Waals surface area contributed by atoms with Crippen molar-refractivity contribution in [1.29, 1.82) is 0 Å². The van der Waals surface area contributed by atoms with Crippen molar-refractivity contribution in [2.24, 2.45) is 11.8 Å². The second-order valence-corrected chi connectivity index (χ2v) is 4.91. The van der Waals surface area contributed by atoms with Crippen molar-refractivity contribution in [3.8, 4) is 0 Å². The topological polar surface area (TPSA) is 66.4 Å². The highest BCUT2D eigenvalue weighted by atomic mass is 16.4. The summed E-state index contributed by atoms with van der Waals surface area (Å²) in [6.45, 7) is 5.99. The lowest BCUT2D eigenvalue weighted by Crippen LogP contribution is -2.44. The molecule has 4 heteroatoms. The fraction of sp³-hybridized carbons (Fsp3) is 0.818. The molecule has 0 aromatic heterocycles. The summed E-state index contributed by atoms with van der Waals surface area (Å²) in [4.78, 5) is 22.2. The van der Waals surface area contributed by atoms with Crippen LogP contribution in [0.5, 0.6) is 0 Å². The molecule has 0 aromatic rings. The van der Waals surface area contributed by atoms with Gasteiger partial charge in [-0.25, -0.2) is 0 Å². The van der Waals surface area contributed by atoms with Gasteiger partial charge in [0.2, 0.25) is 5.91 Å². The Morgan fingerprint density at radius 2 is 2.00 bits per heavy atom. The third-order valence-electron chi connectivity index (χ3n) is 2.78. The van der Waals surface area contributed by atoms with Crippen LogP contribution in [0.1, 0.15) is 40.0 Å². The SMILES string of the molecule is CCCC(C)(C)NC(=O)C1CC1C(=O)O. The van der Waals surface area contributed by atoms with Gasteiger partial charge in [-0.2, -0.15) is 0 Å². The molecule has 1 aliphatic rings. The standard InChI is InChI=1S/C11H19NO3/c1-4-5-11(2,3)12-9(13)7-6-8(7)10(14)15/h7-8H,4-6H2,1-3H3,(H,12,13)(H,14,15). The fourth-order valence-electron chi connectivity index (χ4n) is 1.87. The molecule has 0 spiro atoms. The number of hydrogen-bond donors (Lipinski definition) is 2. The zero-order chi connectivity index (χ0) is 11.6. The van der Waals surface area contributed by atoms with E-state index in [9.17, 15) is 9.59 Å². The van der Waals surface area contributed by atoms with Gasteiger partial charge in [-0.1, -0.05) is 13.3 Å². The molecular weight excluding hydrogens is 194 g/mol. The van der Waals surface area contributed by atoms with E-state index in [1.807, 2.05) is 13.8 Å². The van der Waals surface area contributed by atoms with Gasteiger partial charge < -0.3 is 10.4 Å². The quantitative estimate of drug-likeness (QED) is 0.725. The number of carboxylic acid groups (broad SMARTS) is 1. The van der Waals surface area contributed by atoms with Gasteiger partial charge in [-0.05, 0) is 26.7 Å². The monoisotopic (exact) mass is 213 g/mol. The fourth-order valence-corrected chi connectivity index (χ4v) is 1.87. The van der Waals surface area contributed by atoms with Gasteiger partial charge in [-0.15, -0.1) is 0 Å². The normalized spacial score (nSPS) is 24.7. The van der Waals surface area contributed by atoms with E-state index in [1.165, 1.54) is 0 Å². The summed E-state index contributed by atoms with van der Waals surface area (Å²) >= 11 is 0. The van der Waals surface area contributed by atoms with Crippen LogP contribution in [-0.2, 0) is 9.59 Å². The summed E-state index contributed by atoms with van der Waals surface area (Å²) in [5, 5.41) is 11.6. The highest BCUT2D eigenvalue weighted by Gasteiger charge is 2.49. The van der Waals surface area contributed by atoms with Crippen LogP contribution in [0.3, 0.4) is 0 Å². The maximum atomic E-state index is 11.6. The molecule has 1 fully saturated rings. The number of carbonyl (C=O) groups excluding carboxylic acids is 1. The van der Waals surface area contributed by atoms with Crippen LogP contribution in [0.2, 0.25) is 0 Å². The van der Waals surface area contributed by atoms with Gasteiger partial charge >= 0.3 is 5.97 Å². The molecule has 1 rings (SSSR count). The Kier molecular flexibility index (Phi) is 3.37. The number of rotatable bonds is 5. The molecule has 0 radical (unpaired) electrons. The molecule has 1 amide bonds. The Morgan fingerprint density at radius 3 is 2.40 bits per heavy atom. The molecule has 1 aliphatic carbocycles. The van der Waals surface area contributed by atoms with E-state index in [0.29, 0.717) is 6.42 Å². The largest absolute Gasteiger partial charge is 0.481 e. The van der Waals surface area contributed by atoms with Gasteiger partial charge in [0.1, 0.15) is 0 Å². The van der Waals surface area contributed by atoms with Gasteiger partial charge in [-0.3, -0.25) is 9.59 Å². The average Bonchev–Trinajstić information content (AvgIpc) is 2.80. The average molecular weight is 213 g/mol. The molecule has 2 N–H and O–H groups in total. The summed E-state index contributed by atoms with van der Waals surface area (Å²) in [5.74, 6) is -1.73. The number of nitrogens with one attached hydrogen (secondary N) is 1. The summed E-state index contributed by atoms with van der Waals surface area (Å²) in [6, 6.07) is 0. The lowest BCUT2D eigenvalue weighted by molar-refractivity contribution is -0.140. The van der Waals surface area contributed by atoms with E-state index in [1.54, 1.807) is 0 Å². The third kappa shape index (κ3) is 3.22. The second kappa shape index (κ2) is 4.21. The molecule has 0 heterocycles. The smallest absolute Gasteiger partial charge is 0.307 e. The van der Waals surface area contributed by atoms with E-state index in [0.717, 1.165) is 12.8 Å². The molecule has 0 aromatic carbocycles. The molecule has 0 bridgehead atoms. The molecule has 86 valence electrons. The molecule has 0 saturated heterocycles. The Hall–Kier alpha value is -1.06. The van der Waals surface area contributed by atoms with Crippen molar-refractivity contribution in [3.05, 3.63) is 0 Å². The van der Waals surface area contributed by atoms with Crippen molar-refractivity contribution in [2.45, 2.75) is 45.6 Å². The third-order valence-corrected chi connectivity index (χ3v) is 2.78. The van der Waals surface area contributed by atoms with E-state index in [2.05, 4.69) is 12.2 Å². The number of aliphatic carboxylic acids is 1. The summed E-state index contributed by atoms with van der Waals surface area (Å²) in [6.07, 6.45) is 2.40. The van der Waals surface area contributed by atoms with Crippen LogP contribution >= 0.6 is 0 Å². The zero-order valence-electron chi connectivity index (χ0n) is 9.54. The first-order valence-corrected chi connectivity index (χ1v) is 5.42. The predicted molar refractivity (Wildman–Crippen MR) is 56.4 cm³/mol. The van der Waals surface area contributed by atoms with Crippen LogP contribution in [0.15, 0.2) is 0 Å². The highest BCUT2D eigenvalue weighted by molar-refractivity contribution is 5.89. The lowest BCUT2D eigenvalue weighted by Gasteiger charge is -2.25. The minimum Gasteiger partial charge on any atom is -0.481 e. The van der Waals surface area contributed by atoms with Gasteiger partial charge in [0.15, 0.2) is 0 Å². The first kappa shape index (κ1) is 12.0. The van der Waals surface area contributed by atoms with Crippen molar-refractivity contribution in [2.75, 3.05) is 0 Å². The summed E-state index contributed by atoms with van der Waals surface area (Å²) in [5.41, 5.74) is -0.225. The number of amides is 1. The summed E-state index contributed by atoms with van der Waals surface area (Å²) in [7, 11) is 0. The van der Waals surface area contributed by atoms with Crippen molar-refractivity contribution in [3.63, 3.8) is 0 Å². The van der Waals surface area contributed by atoms with Crippen LogP contribution in [0.4, 0.5) is 0 Å². The predicted octanol–water partition coefficient (Wildman–Crippen LogP) is 1.40. The molecule has 2 unspecified atom stereocenters. The number of hydrogen-bond acceptors (Lipinski definition) is 2. The van der Waals surface area contributed by atoms with Crippen LogP contribution in [0, 0.1) is 11.8 Å². The van der Waals surface area contributed by atoms with E-state index in [-0.39, 0.29) is 17.4 Å². The Labute approximate surface area is 90.0 Å². The first-order chi connectivity index (χ1) is 6.87. The van der Waals surface area contributed by atoms with Crippen molar-refractivity contribution >= 4 is 11.9 Å². The minimum atomic E-state index is -0.858. The number of carboxylic acids is 1. The molecule has 15 heavy (non-hydrogen) atoms. The maximum absolute atomic E-state index is 11.6. The van der Waals surface area contributed by atoms with Crippen LogP contribution in [0.25, 0.3) is 0 Å². The van der Waals surface area contributed by atoms with Crippen molar-refractivity contribution < 1.29 is 14.7 Å². The molecule has 4 nitrogen and oxygen atoms in total. The minimum absolute atomic E-state index is 0.110. The van der Waals surface area contributed by atoms with E-state index >= 15 is 0 Å². The highest BCUT2D eigenvalue weighted by Crippen LogP contribution is 2.39. The zero-order valence-corrected chi connectivity index (χ0v) is 9.54.